The third kappa shape index (κ3) is 4.56. The predicted molar refractivity (Wildman–Crippen MR) is 66.5 cm³/mol. The van der Waals surface area contributed by atoms with Crippen LogP contribution in [0.1, 0.15) is 25.8 Å². The molecular formula is C12H19NS. The fourth-order valence-electron chi connectivity index (χ4n) is 1.12. The summed E-state index contributed by atoms with van der Waals surface area (Å²) >= 11 is 2.00. The molecule has 0 saturated heterocycles. The van der Waals surface area contributed by atoms with Crippen LogP contribution in [0.4, 0.5) is 5.69 Å². The van der Waals surface area contributed by atoms with Crippen molar-refractivity contribution in [3.05, 3.63) is 29.8 Å². The van der Waals surface area contributed by atoms with Gasteiger partial charge >= 0.3 is 0 Å². The minimum atomic E-state index is 0.814. The second-order valence-corrected chi connectivity index (χ2v) is 5.08. The van der Waals surface area contributed by atoms with Gasteiger partial charge in [-0.2, -0.15) is 11.8 Å². The van der Waals surface area contributed by atoms with E-state index < -0.39 is 0 Å². The Labute approximate surface area is 91.1 Å². The first kappa shape index (κ1) is 11.4. The maximum absolute atomic E-state index is 5.61. The van der Waals surface area contributed by atoms with Crippen molar-refractivity contribution in [3.8, 4) is 0 Å². The lowest BCUT2D eigenvalue weighted by Gasteiger charge is -2.04. The van der Waals surface area contributed by atoms with Crippen molar-refractivity contribution in [1.29, 1.82) is 0 Å². The summed E-state index contributed by atoms with van der Waals surface area (Å²) in [4.78, 5) is 0. The Balaban J connectivity index is 2.21. The van der Waals surface area contributed by atoms with Crippen LogP contribution < -0.4 is 5.73 Å². The van der Waals surface area contributed by atoms with E-state index in [1.807, 2.05) is 23.9 Å². The summed E-state index contributed by atoms with van der Waals surface area (Å²) in [6, 6.07) is 8.16. The van der Waals surface area contributed by atoms with Gasteiger partial charge < -0.3 is 5.73 Å². The van der Waals surface area contributed by atoms with Crippen molar-refractivity contribution in [3.63, 3.8) is 0 Å². The molecule has 0 heterocycles. The summed E-state index contributed by atoms with van der Waals surface area (Å²) < 4.78 is 0. The Kier molecular flexibility index (Phi) is 4.88. The van der Waals surface area contributed by atoms with Crippen LogP contribution in [-0.2, 0) is 5.75 Å². The average Bonchev–Trinajstić information content (AvgIpc) is 2.15. The lowest BCUT2D eigenvalue weighted by molar-refractivity contribution is 0.632. The van der Waals surface area contributed by atoms with Crippen LogP contribution >= 0.6 is 11.8 Å². The van der Waals surface area contributed by atoms with Crippen LogP contribution in [0.2, 0.25) is 0 Å². The largest absolute Gasteiger partial charge is 0.399 e. The Morgan fingerprint density at radius 1 is 1.21 bits per heavy atom. The first-order chi connectivity index (χ1) is 6.68. The highest BCUT2D eigenvalue weighted by molar-refractivity contribution is 7.98. The van der Waals surface area contributed by atoms with Gasteiger partial charge in [-0.3, -0.25) is 0 Å². The van der Waals surface area contributed by atoms with Gasteiger partial charge in [0.15, 0.2) is 0 Å². The second-order valence-electron chi connectivity index (χ2n) is 3.98. The third-order valence-electron chi connectivity index (χ3n) is 2.09. The SMILES string of the molecule is CC(C)CCSCc1ccc(N)cc1. The van der Waals surface area contributed by atoms with E-state index in [1.54, 1.807) is 0 Å². The highest BCUT2D eigenvalue weighted by Gasteiger charge is 1.96. The van der Waals surface area contributed by atoms with E-state index >= 15 is 0 Å². The van der Waals surface area contributed by atoms with Gasteiger partial charge in [0.05, 0.1) is 0 Å². The first-order valence-corrected chi connectivity index (χ1v) is 6.26. The molecule has 1 nitrogen and oxygen atoms in total. The van der Waals surface area contributed by atoms with Crippen LogP contribution in [-0.4, -0.2) is 5.75 Å². The van der Waals surface area contributed by atoms with E-state index in [0.29, 0.717) is 0 Å². The number of anilines is 1. The van der Waals surface area contributed by atoms with Crippen molar-refractivity contribution in [1.82, 2.24) is 0 Å². The molecule has 1 aromatic carbocycles. The van der Waals surface area contributed by atoms with E-state index in [4.69, 9.17) is 5.73 Å². The molecule has 1 aromatic rings. The molecule has 0 aliphatic rings. The molecule has 2 N–H and O–H groups in total. The van der Waals surface area contributed by atoms with Crippen molar-refractivity contribution in [2.75, 3.05) is 11.5 Å². The molecule has 0 amide bonds. The fraction of sp³-hybridized carbons (Fsp3) is 0.500. The summed E-state index contributed by atoms with van der Waals surface area (Å²) in [6.07, 6.45) is 1.31. The molecule has 0 fully saturated rings. The fourth-order valence-corrected chi connectivity index (χ4v) is 2.33. The van der Waals surface area contributed by atoms with Crippen molar-refractivity contribution in [2.45, 2.75) is 26.0 Å². The summed E-state index contributed by atoms with van der Waals surface area (Å²) in [5.41, 5.74) is 7.83. The molecule has 0 aromatic heterocycles. The van der Waals surface area contributed by atoms with Crippen LogP contribution in [0.3, 0.4) is 0 Å². The highest BCUT2D eigenvalue weighted by atomic mass is 32.2. The number of nitrogen functional groups attached to an aromatic ring is 1. The molecule has 14 heavy (non-hydrogen) atoms. The van der Waals surface area contributed by atoms with Gasteiger partial charge in [-0.05, 0) is 35.8 Å². The average molecular weight is 209 g/mol. The number of thioether (sulfide) groups is 1. The van der Waals surface area contributed by atoms with Crippen LogP contribution in [0.15, 0.2) is 24.3 Å². The van der Waals surface area contributed by atoms with Gasteiger partial charge in [-0.1, -0.05) is 26.0 Å². The van der Waals surface area contributed by atoms with E-state index in [1.165, 1.54) is 17.7 Å². The second kappa shape index (κ2) is 5.97. The monoisotopic (exact) mass is 209 g/mol. The van der Waals surface area contributed by atoms with Crippen molar-refractivity contribution < 1.29 is 0 Å². The molecule has 0 bridgehead atoms. The van der Waals surface area contributed by atoms with Crippen molar-refractivity contribution >= 4 is 17.4 Å². The van der Waals surface area contributed by atoms with Gasteiger partial charge in [0.2, 0.25) is 0 Å². The molecule has 2 heteroatoms. The molecule has 0 unspecified atom stereocenters. The van der Waals surface area contributed by atoms with Gasteiger partial charge in [0.25, 0.3) is 0 Å². The van der Waals surface area contributed by atoms with Crippen molar-refractivity contribution in [2.24, 2.45) is 5.92 Å². The zero-order chi connectivity index (χ0) is 10.4. The van der Waals surface area contributed by atoms with E-state index in [-0.39, 0.29) is 0 Å². The molecular weight excluding hydrogens is 190 g/mol. The normalized spacial score (nSPS) is 10.8. The van der Waals surface area contributed by atoms with Crippen LogP contribution in [0, 0.1) is 5.92 Å². The number of benzene rings is 1. The van der Waals surface area contributed by atoms with Crippen LogP contribution in [0.25, 0.3) is 0 Å². The van der Waals surface area contributed by atoms with E-state index in [0.717, 1.165) is 17.4 Å². The minimum Gasteiger partial charge on any atom is -0.399 e. The van der Waals surface area contributed by atoms with Gasteiger partial charge in [-0.25, -0.2) is 0 Å². The van der Waals surface area contributed by atoms with E-state index in [9.17, 15) is 0 Å². The predicted octanol–water partition coefficient (Wildman–Crippen LogP) is 3.55. The summed E-state index contributed by atoms with van der Waals surface area (Å²) in [7, 11) is 0. The third-order valence-corrected chi connectivity index (χ3v) is 3.15. The quantitative estimate of drug-likeness (QED) is 0.593. The minimum absolute atomic E-state index is 0.814. The Morgan fingerprint density at radius 2 is 1.86 bits per heavy atom. The van der Waals surface area contributed by atoms with E-state index in [2.05, 4.69) is 26.0 Å². The smallest absolute Gasteiger partial charge is 0.0314 e. The Morgan fingerprint density at radius 3 is 2.43 bits per heavy atom. The number of nitrogens with two attached hydrogens (primary N) is 1. The highest BCUT2D eigenvalue weighted by Crippen LogP contribution is 2.16. The molecule has 0 aliphatic heterocycles. The number of hydrogen-bond acceptors (Lipinski definition) is 2. The Bertz CT molecular complexity index is 254. The molecule has 0 atom stereocenters. The summed E-state index contributed by atoms with van der Waals surface area (Å²) in [6.45, 7) is 4.54. The topological polar surface area (TPSA) is 26.0 Å². The maximum Gasteiger partial charge on any atom is 0.0314 e. The molecule has 0 saturated carbocycles. The lowest BCUT2D eigenvalue weighted by Crippen LogP contribution is -1.90. The summed E-state index contributed by atoms with van der Waals surface area (Å²) in [5, 5.41) is 0. The van der Waals surface area contributed by atoms with Crippen LogP contribution in [0.5, 0.6) is 0 Å². The zero-order valence-electron chi connectivity index (χ0n) is 8.99. The maximum atomic E-state index is 5.61. The lowest BCUT2D eigenvalue weighted by atomic mass is 10.2. The zero-order valence-corrected chi connectivity index (χ0v) is 9.81. The standard InChI is InChI=1S/C12H19NS/c1-10(2)7-8-14-9-11-3-5-12(13)6-4-11/h3-6,10H,7-9,13H2,1-2H3. The Hall–Kier alpha value is -0.630. The molecule has 0 aliphatic carbocycles. The number of hydrogen-bond donors (Lipinski definition) is 1. The molecule has 0 spiro atoms. The van der Waals surface area contributed by atoms with Gasteiger partial charge in [0, 0.05) is 11.4 Å². The van der Waals surface area contributed by atoms with Gasteiger partial charge in [-0.15, -0.1) is 0 Å². The summed E-state index contributed by atoms with van der Waals surface area (Å²) in [5.74, 6) is 3.17. The molecule has 78 valence electrons. The van der Waals surface area contributed by atoms with Gasteiger partial charge in [0.1, 0.15) is 0 Å². The molecule has 1 rings (SSSR count). The first-order valence-electron chi connectivity index (χ1n) is 5.10. The molecule has 0 radical (unpaired) electrons. The number of rotatable bonds is 5.